The number of nitriles is 1. The summed E-state index contributed by atoms with van der Waals surface area (Å²) >= 11 is 0.377. The second-order valence-corrected chi connectivity index (χ2v) is 7.81. The fraction of sp³-hybridized carbons (Fsp3) is 0.143. The highest BCUT2D eigenvalue weighted by Gasteiger charge is 2.35. The summed E-state index contributed by atoms with van der Waals surface area (Å²) in [7, 11) is -4.30. The molecule has 2 aromatic heterocycles. The van der Waals surface area contributed by atoms with Crippen LogP contribution in [0, 0.1) is 18.3 Å². The lowest BCUT2D eigenvalue weighted by Gasteiger charge is -2.08. The molecule has 25 heavy (non-hydrogen) atoms. The predicted molar refractivity (Wildman–Crippen MR) is 85.7 cm³/mol. The first-order chi connectivity index (χ1) is 11.6. The first-order valence-electron chi connectivity index (χ1n) is 6.70. The summed E-state index contributed by atoms with van der Waals surface area (Å²) in [6.07, 6.45) is -3.29. The minimum absolute atomic E-state index is 0.117. The van der Waals surface area contributed by atoms with Gasteiger partial charge in [-0.15, -0.1) is 11.3 Å². The van der Waals surface area contributed by atoms with E-state index in [1.165, 1.54) is 12.3 Å². The maximum atomic E-state index is 12.6. The van der Waals surface area contributed by atoms with E-state index in [2.05, 4.69) is 14.7 Å². The van der Waals surface area contributed by atoms with E-state index >= 15 is 0 Å². The minimum atomic E-state index is -4.72. The van der Waals surface area contributed by atoms with Crippen molar-refractivity contribution in [3.63, 3.8) is 0 Å². The number of aryl methyl sites for hydroxylation is 1. The number of hydrogen-bond acceptors (Lipinski definition) is 5. The van der Waals surface area contributed by atoms with Crippen molar-refractivity contribution in [3.05, 3.63) is 40.5 Å². The summed E-state index contributed by atoms with van der Waals surface area (Å²) in [6, 6.07) is 5.06. The first kappa shape index (κ1) is 17.2. The number of alkyl halides is 3. The van der Waals surface area contributed by atoms with Gasteiger partial charge in [-0.25, -0.2) is 4.98 Å². The fourth-order valence-electron chi connectivity index (χ4n) is 2.29. The second-order valence-electron chi connectivity index (χ2n) is 5.10. The number of H-pyrrole nitrogens is 1. The van der Waals surface area contributed by atoms with Gasteiger partial charge in [-0.3, -0.25) is 4.72 Å². The van der Waals surface area contributed by atoms with E-state index in [1.807, 2.05) is 6.07 Å². The molecule has 0 amide bonds. The molecule has 130 valence electrons. The van der Waals surface area contributed by atoms with Crippen molar-refractivity contribution < 1.29 is 21.6 Å². The predicted octanol–water partition coefficient (Wildman–Crippen LogP) is 3.62. The zero-order chi connectivity index (χ0) is 18.4. The van der Waals surface area contributed by atoms with Gasteiger partial charge in [0.1, 0.15) is 6.07 Å². The lowest BCUT2D eigenvalue weighted by molar-refractivity contribution is -0.141. The van der Waals surface area contributed by atoms with Crippen molar-refractivity contribution in [2.75, 3.05) is 4.72 Å². The van der Waals surface area contributed by atoms with Crippen molar-refractivity contribution in [2.45, 2.75) is 17.4 Å². The van der Waals surface area contributed by atoms with Crippen molar-refractivity contribution in [2.24, 2.45) is 0 Å². The summed E-state index contributed by atoms with van der Waals surface area (Å²) in [6.45, 7) is 1.76. The molecule has 0 spiro atoms. The van der Waals surface area contributed by atoms with Crippen LogP contribution in [0.25, 0.3) is 10.9 Å². The largest absolute Gasteiger partial charge is 0.434 e. The van der Waals surface area contributed by atoms with E-state index in [0.717, 1.165) is 5.56 Å². The molecule has 0 aliphatic heterocycles. The molecule has 6 nitrogen and oxygen atoms in total. The van der Waals surface area contributed by atoms with E-state index in [0.29, 0.717) is 33.2 Å². The van der Waals surface area contributed by atoms with Gasteiger partial charge >= 0.3 is 6.18 Å². The number of nitrogens with zero attached hydrogens (tertiary/aromatic N) is 2. The maximum Gasteiger partial charge on any atom is 0.434 e. The molecule has 0 atom stereocenters. The molecule has 0 aliphatic carbocycles. The van der Waals surface area contributed by atoms with Gasteiger partial charge < -0.3 is 4.98 Å². The summed E-state index contributed by atoms with van der Waals surface area (Å²) in [5.41, 5.74) is 0.309. The van der Waals surface area contributed by atoms with Gasteiger partial charge in [0.15, 0.2) is 5.69 Å². The number of nitrogens with one attached hydrogen (secondary N) is 2. The normalized spacial score (nSPS) is 12.3. The van der Waals surface area contributed by atoms with Crippen molar-refractivity contribution >= 4 is 38.0 Å². The van der Waals surface area contributed by atoms with Crippen LogP contribution in [0.2, 0.25) is 0 Å². The molecule has 0 unspecified atom stereocenters. The zero-order valence-corrected chi connectivity index (χ0v) is 14.1. The number of rotatable bonds is 3. The van der Waals surface area contributed by atoms with Crippen LogP contribution in [0.4, 0.5) is 18.9 Å². The Kier molecular flexibility index (Phi) is 3.97. The Labute approximate surface area is 144 Å². The van der Waals surface area contributed by atoms with Crippen LogP contribution in [0.5, 0.6) is 0 Å². The summed E-state index contributed by atoms with van der Waals surface area (Å²) in [5.74, 6) is 0. The molecular weight excluding hydrogens is 377 g/mol. The van der Waals surface area contributed by atoms with Gasteiger partial charge in [-0.05, 0) is 18.6 Å². The number of hydrogen-bond donors (Lipinski definition) is 2. The number of sulfonamides is 1. The zero-order valence-electron chi connectivity index (χ0n) is 12.5. The molecule has 11 heteroatoms. The number of aromatic nitrogens is 2. The Bertz CT molecular complexity index is 1110. The molecule has 0 bridgehead atoms. The van der Waals surface area contributed by atoms with Crippen LogP contribution >= 0.6 is 11.3 Å². The topological polar surface area (TPSA) is 98.6 Å². The van der Waals surface area contributed by atoms with E-state index in [9.17, 15) is 21.6 Å². The van der Waals surface area contributed by atoms with Crippen molar-refractivity contribution in [1.82, 2.24) is 9.97 Å². The Balaban J connectivity index is 2.04. The van der Waals surface area contributed by atoms with Gasteiger partial charge in [0.25, 0.3) is 10.0 Å². The lowest BCUT2D eigenvalue weighted by atomic mass is 10.1. The van der Waals surface area contributed by atoms with Crippen molar-refractivity contribution in [3.8, 4) is 6.07 Å². The average molecular weight is 386 g/mol. The maximum absolute atomic E-state index is 12.6. The van der Waals surface area contributed by atoms with E-state index < -0.39 is 26.2 Å². The third-order valence-electron chi connectivity index (χ3n) is 3.41. The highest BCUT2D eigenvalue weighted by atomic mass is 32.2. The van der Waals surface area contributed by atoms with Gasteiger partial charge in [-0.1, -0.05) is 6.07 Å². The first-order valence-corrected chi connectivity index (χ1v) is 9.06. The van der Waals surface area contributed by atoms with Crippen LogP contribution in [-0.4, -0.2) is 18.4 Å². The molecule has 3 aromatic rings. The standard InChI is InChI=1S/C14H9F3N4O2S2/c1-7-2-3-9(12-11(7)8(4-18)5-19-12)21-25(22,23)13-20-10(6-24-13)14(15,16)17/h2-3,5-6,19,21H,1H3. The Hall–Kier alpha value is -2.58. The molecule has 0 fully saturated rings. The van der Waals surface area contributed by atoms with Gasteiger partial charge in [0.05, 0.1) is 16.8 Å². The quantitative estimate of drug-likeness (QED) is 0.718. The molecule has 2 heterocycles. The summed E-state index contributed by atoms with van der Waals surface area (Å²) in [5, 5.41) is 10.3. The van der Waals surface area contributed by atoms with Crippen LogP contribution in [0.15, 0.2) is 28.0 Å². The summed E-state index contributed by atoms with van der Waals surface area (Å²) < 4.78 is 64.0. The van der Waals surface area contributed by atoms with Gasteiger partial charge in [-0.2, -0.15) is 26.9 Å². The molecule has 0 saturated carbocycles. The van der Waals surface area contributed by atoms with E-state index in [-0.39, 0.29) is 5.69 Å². The van der Waals surface area contributed by atoms with Gasteiger partial charge in [0, 0.05) is 17.0 Å². The average Bonchev–Trinajstić information content (AvgIpc) is 3.16. The van der Waals surface area contributed by atoms with E-state index in [1.54, 1.807) is 13.0 Å². The number of aromatic amines is 1. The highest BCUT2D eigenvalue weighted by Crippen LogP contribution is 2.33. The number of anilines is 1. The lowest BCUT2D eigenvalue weighted by Crippen LogP contribution is -2.14. The fourth-order valence-corrected chi connectivity index (χ4v) is 4.38. The van der Waals surface area contributed by atoms with Crippen LogP contribution in [-0.2, 0) is 16.2 Å². The number of fused-ring (bicyclic) bond motifs is 1. The number of benzene rings is 1. The van der Waals surface area contributed by atoms with Crippen LogP contribution in [0.1, 0.15) is 16.8 Å². The Morgan fingerprint density at radius 1 is 1.36 bits per heavy atom. The molecule has 2 N–H and O–H groups in total. The Morgan fingerprint density at radius 3 is 2.68 bits per heavy atom. The van der Waals surface area contributed by atoms with Gasteiger partial charge in [0.2, 0.25) is 4.34 Å². The Morgan fingerprint density at radius 2 is 2.08 bits per heavy atom. The molecule has 3 rings (SSSR count). The SMILES string of the molecule is Cc1ccc(NS(=O)(=O)c2nc(C(F)(F)F)cs2)c2[nH]cc(C#N)c12. The second kappa shape index (κ2) is 5.75. The van der Waals surface area contributed by atoms with E-state index in [4.69, 9.17) is 5.26 Å². The molecule has 1 aromatic carbocycles. The molecule has 0 saturated heterocycles. The molecular formula is C14H9F3N4O2S2. The monoisotopic (exact) mass is 386 g/mol. The smallest absolute Gasteiger partial charge is 0.358 e. The molecule has 0 radical (unpaired) electrons. The molecule has 0 aliphatic rings. The summed E-state index contributed by atoms with van der Waals surface area (Å²) in [4.78, 5) is 5.95. The number of thiazole rings is 1. The van der Waals surface area contributed by atoms with Crippen LogP contribution < -0.4 is 4.72 Å². The van der Waals surface area contributed by atoms with Crippen molar-refractivity contribution in [1.29, 1.82) is 5.26 Å². The minimum Gasteiger partial charge on any atom is -0.358 e. The van der Waals surface area contributed by atoms with Crippen LogP contribution in [0.3, 0.4) is 0 Å². The third-order valence-corrected chi connectivity index (χ3v) is 6.03. The third kappa shape index (κ3) is 3.06. The highest BCUT2D eigenvalue weighted by molar-refractivity contribution is 7.94. The number of halogens is 3.